The van der Waals surface area contributed by atoms with E-state index < -0.39 is 10.0 Å². The zero-order chi connectivity index (χ0) is 18.4. The molecule has 7 heteroatoms. The molecule has 1 fully saturated rings. The average Bonchev–Trinajstić information content (AvgIpc) is 3.15. The van der Waals surface area contributed by atoms with Gasteiger partial charge in [-0.3, -0.25) is 4.72 Å². The van der Waals surface area contributed by atoms with Crippen LogP contribution in [0.15, 0.2) is 70.1 Å². The van der Waals surface area contributed by atoms with E-state index in [0.29, 0.717) is 17.2 Å². The predicted molar refractivity (Wildman–Crippen MR) is 113 cm³/mol. The fourth-order valence-electron chi connectivity index (χ4n) is 4.00. The first kappa shape index (κ1) is 18.9. The van der Waals surface area contributed by atoms with E-state index >= 15 is 0 Å². The molecule has 146 valence electrons. The number of anilines is 1. The minimum Gasteiger partial charge on any atom is -0.454 e. The minimum atomic E-state index is -3.66. The van der Waals surface area contributed by atoms with Crippen LogP contribution in [0.4, 0.5) is 5.69 Å². The van der Waals surface area contributed by atoms with Crippen LogP contribution >= 0.6 is 12.4 Å². The van der Waals surface area contributed by atoms with Gasteiger partial charge in [-0.2, -0.15) is 0 Å². The molecule has 28 heavy (non-hydrogen) atoms. The number of hydrogen-bond donors (Lipinski definition) is 1. The van der Waals surface area contributed by atoms with E-state index in [4.69, 9.17) is 4.42 Å². The molecule has 3 aliphatic heterocycles. The van der Waals surface area contributed by atoms with Gasteiger partial charge in [0.15, 0.2) is 5.58 Å². The Balaban J connectivity index is 0.00000192. The van der Waals surface area contributed by atoms with Gasteiger partial charge < -0.3 is 9.32 Å². The zero-order valence-electron chi connectivity index (χ0n) is 15.2. The molecule has 5 nitrogen and oxygen atoms in total. The number of nitrogens with zero attached hydrogens (tertiary/aromatic N) is 1. The van der Waals surface area contributed by atoms with Crippen molar-refractivity contribution in [3.63, 3.8) is 0 Å². The Bertz CT molecular complexity index is 1130. The van der Waals surface area contributed by atoms with E-state index in [0.717, 1.165) is 37.1 Å². The van der Waals surface area contributed by atoms with Crippen LogP contribution in [0, 0.1) is 5.92 Å². The van der Waals surface area contributed by atoms with Crippen LogP contribution in [0.3, 0.4) is 0 Å². The molecular weight excluding hydrogens is 396 g/mol. The molecule has 0 radical (unpaired) electrons. The summed E-state index contributed by atoms with van der Waals surface area (Å²) in [5, 5.41) is 0.899. The molecule has 1 N–H and O–H groups in total. The Hall–Kier alpha value is -2.44. The third-order valence-corrected chi connectivity index (χ3v) is 6.80. The van der Waals surface area contributed by atoms with Gasteiger partial charge in [0.25, 0.3) is 10.0 Å². The molecule has 0 amide bonds. The molecule has 0 spiro atoms. The molecule has 3 aromatic rings. The lowest BCUT2D eigenvalue weighted by atomic mass is 9.84. The van der Waals surface area contributed by atoms with Gasteiger partial charge in [-0.15, -0.1) is 12.4 Å². The Morgan fingerprint density at radius 2 is 1.75 bits per heavy atom. The number of halogens is 1. The highest BCUT2D eigenvalue weighted by Gasteiger charge is 2.30. The molecule has 1 saturated heterocycles. The molecule has 4 heterocycles. The molecule has 2 bridgehead atoms. The highest BCUT2D eigenvalue weighted by molar-refractivity contribution is 7.92. The second-order valence-corrected chi connectivity index (χ2v) is 8.83. The fourth-order valence-corrected chi connectivity index (χ4v) is 5.08. The number of piperidine rings is 1. The van der Waals surface area contributed by atoms with Crippen molar-refractivity contribution in [2.45, 2.75) is 17.7 Å². The summed E-state index contributed by atoms with van der Waals surface area (Å²) in [6, 6.07) is 15.9. The van der Waals surface area contributed by atoms with Crippen LogP contribution in [0.2, 0.25) is 0 Å². The van der Waals surface area contributed by atoms with Gasteiger partial charge in [0.1, 0.15) is 5.76 Å². The number of fused-ring (bicyclic) bond motifs is 3. The molecular formula is C21H21ClN2O3S. The summed E-state index contributed by atoms with van der Waals surface area (Å²) in [5.41, 5.74) is 2.26. The molecule has 0 aliphatic carbocycles. The fraction of sp³-hybridized carbons (Fsp3) is 0.238. The number of nitrogens with one attached hydrogen (secondary N) is 1. The third-order valence-electron chi connectivity index (χ3n) is 5.42. The number of benzene rings is 2. The summed E-state index contributed by atoms with van der Waals surface area (Å²) in [4.78, 5) is 2.57. The Morgan fingerprint density at radius 1 is 1.00 bits per heavy atom. The van der Waals surface area contributed by atoms with Gasteiger partial charge in [0.05, 0.1) is 10.6 Å². The van der Waals surface area contributed by atoms with Gasteiger partial charge >= 0.3 is 0 Å². The predicted octanol–water partition coefficient (Wildman–Crippen LogP) is 4.72. The molecule has 6 rings (SSSR count). The molecule has 0 unspecified atom stereocenters. The highest BCUT2D eigenvalue weighted by atomic mass is 35.5. The molecule has 3 aliphatic rings. The topological polar surface area (TPSA) is 62.6 Å². The van der Waals surface area contributed by atoms with E-state index in [9.17, 15) is 8.42 Å². The van der Waals surface area contributed by atoms with Crippen molar-refractivity contribution in [3.05, 3.63) is 66.6 Å². The van der Waals surface area contributed by atoms with Crippen LogP contribution in [0.5, 0.6) is 0 Å². The van der Waals surface area contributed by atoms with Gasteiger partial charge in [0, 0.05) is 30.2 Å². The summed E-state index contributed by atoms with van der Waals surface area (Å²) in [7, 11) is -3.66. The van der Waals surface area contributed by atoms with E-state index in [-0.39, 0.29) is 17.3 Å². The first-order chi connectivity index (χ1) is 13.1. The zero-order valence-corrected chi connectivity index (χ0v) is 16.8. The van der Waals surface area contributed by atoms with Crippen LogP contribution < -0.4 is 4.72 Å². The van der Waals surface area contributed by atoms with Crippen LogP contribution in [-0.4, -0.2) is 26.4 Å². The Labute approximate surface area is 170 Å². The van der Waals surface area contributed by atoms with Crippen molar-refractivity contribution in [1.82, 2.24) is 4.90 Å². The number of allylic oxidation sites excluding steroid dienone is 1. The number of rotatable bonds is 4. The summed E-state index contributed by atoms with van der Waals surface area (Å²) in [5.74, 6) is 1.37. The van der Waals surface area contributed by atoms with Crippen molar-refractivity contribution in [2.24, 2.45) is 5.92 Å². The quantitative estimate of drug-likeness (QED) is 0.668. The van der Waals surface area contributed by atoms with Crippen LogP contribution in [0.1, 0.15) is 18.6 Å². The number of sulfonamides is 1. The highest BCUT2D eigenvalue weighted by Crippen LogP contribution is 2.40. The second kappa shape index (κ2) is 7.18. The first-order valence-electron chi connectivity index (χ1n) is 9.17. The van der Waals surface area contributed by atoms with Gasteiger partial charge in [-0.1, -0.05) is 30.3 Å². The largest absolute Gasteiger partial charge is 0.454 e. The molecule has 2 aromatic carbocycles. The second-order valence-electron chi connectivity index (χ2n) is 7.15. The molecule has 0 atom stereocenters. The van der Waals surface area contributed by atoms with Crippen molar-refractivity contribution in [1.29, 1.82) is 0 Å². The van der Waals surface area contributed by atoms with Crippen molar-refractivity contribution in [3.8, 4) is 0 Å². The normalized spacial score (nSPS) is 16.7. The average molecular weight is 417 g/mol. The Kier molecular flexibility index (Phi) is 4.85. The summed E-state index contributed by atoms with van der Waals surface area (Å²) in [6.45, 7) is 2.22. The van der Waals surface area contributed by atoms with Crippen molar-refractivity contribution >= 4 is 44.7 Å². The number of furan rings is 1. The van der Waals surface area contributed by atoms with Crippen molar-refractivity contribution in [2.75, 3.05) is 17.8 Å². The van der Waals surface area contributed by atoms with Gasteiger partial charge in [-0.05, 0) is 43.0 Å². The lowest BCUT2D eigenvalue weighted by Crippen LogP contribution is -2.35. The van der Waals surface area contributed by atoms with E-state index in [1.807, 2.05) is 18.2 Å². The van der Waals surface area contributed by atoms with Gasteiger partial charge in [0.2, 0.25) is 0 Å². The third kappa shape index (κ3) is 3.27. The smallest absolute Gasteiger partial charge is 0.262 e. The Morgan fingerprint density at radius 3 is 2.43 bits per heavy atom. The maximum atomic E-state index is 12.7. The standard InChI is InChI=1S/C21H20N2O3S.ClH/c24-27(25,17-6-2-1-3-7-17)22-19-8-4-5-16-13-20(26-21(16)19)18-14-23-11-9-15(18)10-12-23;/h1-8,13-15,22H,9-12H2;1H. The number of hydrogen-bond acceptors (Lipinski definition) is 4. The van der Waals surface area contributed by atoms with Crippen LogP contribution in [0.25, 0.3) is 16.5 Å². The molecule has 0 saturated carbocycles. The molecule has 1 aromatic heterocycles. The lowest BCUT2D eigenvalue weighted by Gasteiger charge is -2.38. The maximum Gasteiger partial charge on any atom is 0.262 e. The summed E-state index contributed by atoms with van der Waals surface area (Å²) in [6.07, 6.45) is 4.50. The number of para-hydroxylation sites is 1. The van der Waals surface area contributed by atoms with Crippen molar-refractivity contribution < 1.29 is 12.8 Å². The van der Waals surface area contributed by atoms with E-state index in [2.05, 4.69) is 15.8 Å². The van der Waals surface area contributed by atoms with E-state index in [1.54, 1.807) is 36.4 Å². The van der Waals surface area contributed by atoms with E-state index in [1.165, 1.54) is 5.57 Å². The monoisotopic (exact) mass is 416 g/mol. The SMILES string of the molecule is Cl.O=S(=O)(Nc1cccc2cc(C3=CN4CCC3CC4)oc12)c1ccccc1. The summed E-state index contributed by atoms with van der Waals surface area (Å²) >= 11 is 0. The van der Waals surface area contributed by atoms with Gasteiger partial charge in [-0.25, -0.2) is 8.42 Å². The maximum absolute atomic E-state index is 12.7. The summed E-state index contributed by atoms with van der Waals surface area (Å²) < 4.78 is 34.2. The van der Waals surface area contributed by atoms with Crippen LogP contribution in [-0.2, 0) is 10.0 Å². The minimum absolute atomic E-state index is 0. The first-order valence-corrected chi connectivity index (χ1v) is 10.6. The lowest BCUT2D eigenvalue weighted by molar-refractivity contribution is 0.250.